The number of ether oxygens (including phenoxy) is 3. The average molecular weight is 1720 g/mol. The number of aryl methyl sites for hydroxylation is 4. The monoisotopic (exact) mass is 1720 g/mol. The van der Waals surface area contributed by atoms with Crippen LogP contribution >= 0.6 is 0 Å². The Balaban J connectivity index is 0.745. The van der Waals surface area contributed by atoms with Crippen LogP contribution in [-0.2, 0) is 32.1 Å². The summed E-state index contributed by atoms with van der Waals surface area (Å²) in [4.78, 5) is 27.0. The lowest BCUT2D eigenvalue weighted by Gasteiger charge is -2.45. The third-order valence-electron chi connectivity index (χ3n) is 26.4. The van der Waals surface area contributed by atoms with Crippen molar-refractivity contribution in [3.05, 3.63) is 345 Å². The van der Waals surface area contributed by atoms with E-state index in [-0.39, 0.29) is 0 Å². The van der Waals surface area contributed by atoms with Crippen molar-refractivity contribution in [2.75, 3.05) is 0 Å². The second-order valence-electron chi connectivity index (χ2n) is 36.3. The first-order chi connectivity index (χ1) is 63.9. The highest BCUT2D eigenvalue weighted by atomic mass is 16.5. The van der Waals surface area contributed by atoms with Crippen LogP contribution < -0.4 is 14.2 Å². The molecule has 0 saturated heterocycles. The summed E-state index contributed by atoms with van der Waals surface area (Å²) < 4.78 is 29.6. The van der Waals surface area contributed by atoms with Gasteiger partial charge in [0.05, 0.1) is 27.8 Å². The standard InChI is InChI=1S/C118H139N8O3/c1-5-9-13-17-21-25-29-33-37-41-45-49-53-65-90-69-57-73-94(85-90)86-95-74-61-78-99-106(95)114-120-112-101-80-63-83-104(128-97-76-59-71-92(88-97)67-55-51-47-43-39-35-31-27-23-19-15-11-7-3)108(101)116-122-117-109-102(81-64-84-105(109)129-98-77-60-72-93(89-98)68-56-52-48-44-40-36-32-28-24-20-16-12-8-4)113-121-115-107-100(111-119-110(99)123(114)118(124(111)115,125(112)116)126(113)117)79-62-82-103(107)127-96-75-58-70-91(87-96)66-54-50-46-42-38-34-30-26-22-18-14-10-6-2/h13-20,25-32,57-64,69-85,87-89,116H,5-12,21-24,33-56,65-68,86H2,1-4H3/q+3/b17-13+,18-14+,19-15+,20-16+,29-25+,30-26+,31-27+,32-28+/t116?,118-/m0/s1. The topological polar surface area (TPSA) is 89.4 Å². The van der Waals surface area contributed by atoms with Crippen molar-refractivity contribution in [1.82, 2.24) is 4.90 Å². The Bertz CT molecular complexity index is 5700. The Morgan fingerprint density at radius 2 is 0.651 bits per heavy atom. The van der Waals surface area contributed by atoms with E-state index < -0.39 is 12.1 Å². The van der Waals surface area contributed by atoms with E-state index in [2.05, 4.69) is 313 Å². The summed E-state index contributed by atoms with van der Waals surface area (Å²) in [7, 11) is 0. The van der Waals surface area contributed by atoms with Gasteiger partial charge in [-0.15, -0.1) is 18.7 Å². The van der Waals surface area contributed by atoms with Crippen LogP contribution in [-0.4, -0.2) is 65.4 Å². The van der Waals surface area contributed by atoms with Crippen molar-refractivity contribution in [2.45, 2.75) is 303 Å². The van der Waals surface area contributed by atoms with Gasteiger partial charge in [-0.3, -0.25) is 0 Å². The Labute approximate surface area is 771 Å². The largest absolute Gasteiger partial charge is 0.457 e. The van der Waals surface area contributed by atoms with Gasteiger partial charge in [-0.2, -0.15) is 0 Å². The minimum atomic E-state index is -1.33. The second-order valence-corrected chi connectivity index (χ2v) is 36.3. The lowest BCUT2D eigenvalue weighted by atomic mass is 9.94. The number of rotatable bonds is 56. The molecule has 8 aliphatic rings. The van der Waals surface area contributed by atoms with Gasteiger partial charge in [-0.25, -0.2) is 4.90 Å². The normalized spacial score (nSPS) is 16.5. The first-order valence-electron chi connectivity index (χ1n) is 50.2. The molecule has 8 aromatic carbocycles. The maximum atomic E-state index is 7.46. The molecule has 0 aromatic heterocycles. The average Bonchev–Trinajstić information content (AvgIpc) is 1.46. The number of allylic oxidation sites excluding steroid dienone is 16. The third kappa shape index (κ3) is 21.9. The van der Waals surface area contributed by atoms with Crippen LogP contribution in [0.5, 0.6) is 34.5 Å². The minimum absolute atomic E-state index is 0.676. The molecule has 0 radical (unpaired) electrons. The molecule has 0 N–H and O–H groups in total. The molecule has 0 aliphatic carbocycles. The number of amidine groups is 7. The van der Waals surface area contributed by atoms with Crippen molar-refractivity contribution in [1.29, 1.82) is 0 Å². The fraction of sp³-hybridized carbons (Fsp3) is 0.398. The van der Waals surface area contributed by atoms with Crippen LogP contribution in [0.15, 0.2) is 287 Å². The number of hydrogen-bond donors (Lipinski definition) is 0. The highest BCUT2D eigenvalue weighted by molar-refractivity contribution is 6.29. The van der Waals surface area contributed by atoms with Gasteiger partial charge in [0, 0.05) is 5.56 Å². The maximum Gasteiger partial charge on any atom is 0.445 e. The van der Waals surface area contributed by atoms with Gasteiger partial charge >= 0.3 is 5.91 Å². The lowest BCUT2D eigenvalue weighted by Crippen LogP contribution is -2.78. The molecule has 8 heterocycles. The quantitative estimate of drug-likeness (QED) is 0.0216. The fourth-order valence-corrected chi connectivity index (χ4v) is 19.8. The van der Waals surface area contributed by atoms with Crippen molar-refractivity contribution in [2.24, 2.45) is 20.0 Å². The summed E-state index contributed by atoms with van der Waals surface area (Å²) in [6.45, 7) is 8.94. The summed E-state index contributed by atoms with van der Waals surface area (Å²) in [5, 5.41) is 0. The first-order valence-corrected chi connectivity index (χ1v) is 50.2. The summed E-state index contributed by atoms with van der Waals surface area (Å²) in [6.07, 6.45) is 83.8. The summed E-state index contributed by atoms with van der Waals surface area (Å²) in [5.74, 6) is 8.70. The van der Waals surface area contributed by atoms with E-state index >= 15 is 0 Å². The van der Waals surface area contributed by atoms with Crippen molar-refractivity contribution in [3.63, 3.8) is 0 Å². The number of hydrogen-bond acceptors (Lipinski definition) is 8. The van der Waals surface area contributed by atoms with Gasteiger partial charge in [0.15, 0.2) is 0 Å². The van der Waals surface area contributed by atoms with Crippen LogP contribution in [0.1, 0.15) is 343 Å². The minimum Gasteiger partial charge on any atom is -0.457 e. The van der Waals surface area contributed by atoms with Gasteiger partial charge in [-0.05, 0) is 273 Å². The number of nitrogens with zero attached hydrogens (tertiary/aromatic N) is 8. The Hall–Kier alpha value is -11.4. The predicted octanol–water partition coefficient (Wildman–Crippen LogP) is 30.8. The summed E-state index contributed by atoms with van der Waals surface area (Å²) in [6, 6.07) is 62.1. The second kappa shape index (κ2) is 46.7. The predicted molar refractivity (Wildman–Crippen MR) is 538 cm³/mol. The highest BCUT2D eigenvalue weighted by Gasteiger charge is 2.79. The Morgan fingerprint density at radius 1 is 0.302 bits per heavy atom. The molecular formula is C118H139N8O3+3. The number of fused-ring (bicyclic) bond motifs is 12. The van der Waals surface area contributed by atoms with Crippen LogP contribution in [0.4, 0.5) is 0 Å². The molecule has 2 atom stereocenters. The van der Waals surface area contributed by atoms with Crippen molar-refractivity contribution < 1.29 is 27.9 Å². The maximum absolute atomic E-state index is 7.46. The van der Waals surface area contributed by atoms with Crippen LogP contribution in [0.3, 0.4) is 0 Å². The molecule has 0 saturated carbocycles. The lowest BCUT2D eigenvalue weighted by molar-refractivity contribution is -0.946. The van der Waals surface area contributed by atoms with Gasteiger partial charge in [-0.1, -0.05) is 334 Å². The van der Waals surface area contributed by atoms with Gasteiger partial charge in [0.2, 0.25) is 12.0 Å². The summed E-state index contributed by atoms with van der Waals surface area (Å²) in [5.41, 5.74) is 15.3. The van der Waals surface area contributed by atoms with E-state index in [1.807, 2.05) is 0 Å². The van der Waals surface area contributed by atoms with E-state index in [0.29, 0.717) is 17.9 Å². The van der Waals surface area contributed by atoms with E-state index in [4.69, 9.17) is 34.2 Å². The molecule has 129 heavy (non-hydrogen) atoms. The number of aliphatic imine (C=N–C) groups is 4. The molecular weight excluding hydrogens is 1580 g/mol. The molecule has 0 amide bonds. The van der Waals surface area contributed by atoms with Crippen LogP contribution in [0.2, 0.25) is 0 Å². The first kappa shape index (κ1) is 90.9. The molecule has 11 nitrogen and oxygen atoms in total. The number of unbranched alkanes of at least 4 members (excludes halogenated alkanes) is 24. The summed E-state index contributed by atoms with van der Waals surface area (Å²) >= 11 is 0. The molecule has 11 heteroatoms. The molecule has 8 aliphatic heterocycles. The SMILES string of the molecule is CCC/C=C/C/C=C/CCCCCCCc1cccc(Cc2cccc3c2C2=[N+]4C3=NC3=[N+]5C(=NC6=[N+]7C(=NC8c9c(Oc%10cccc(CCCCCCC/C=C/C/C=C/CCC)c%10)cccc9C(=N2)N8[C@]574)c2c(Oc4cccc(CCCCCCC/C=C/C/C=C/CCC)c4)cccc26)c2c(Oc4cccc(CCCCCCC/C=C/C/C=C/CCC)c4)cccc23)c1. The van der Waals surface area contributed by atoms with Gasteiger partial charge in [0.25, 0.3) is 35.0 Å². The molecule has 0 bridgehead atoms. The van der Waals surface area contributed by atoms with E-state index in [1.165, 1.54) is 175 Å². The zero-order chi connectivity index (χ0) is 88.0. The van der Waals surface area contributed by atoms with Gasteiger partial charge < -0.3 is 14.2 Å². The van der Waals surface area contributed by atoms with Crippen molar-refractivity contribution >= 4 is 40.8 Å². The molecule has 1 spiro atoms. The zero-order valence-corrected chi connectivity index (χ0v) is 77.8. The molecule has 0 fully saturated rings. The molecule has 16 rings (SSSR count). The van der Waals surface area contributed by atoms with Gasteiger partial charge in [0.1, 0.15) is 45.6 Å². The zero-order valence-electron chi connectivity index (χ0n) is 77.8. The number of benzene rings is 8. The van der Waals surface area contributed by atoms with E-state index in [9.17, 15) is 0 Å². The molecule has 1 unspecified atom stereocenters. The third-order valence-corrected chi connectivity index (χ3v) is 26.4. The molecule has 666 valence electrons. The Morgan fingerprint density at radius 3 is 1.12 bits per heavy atom. The van der Waals surface area contributed by atoms with E-state index in [1.54, 1.807) is 0 Å². The fourth-order valence-electron chi connectivity index (χ4n) is 19.8. The Kier molecular flexibility index (Phi) is 32.9. The highest BCUT2D eigenvalue weighted by Crippen LogP contribution is 2.57. The smallest absolute Gasteiger partial charge is 0.445 e. The van der Waals surface area contributed by atoms with E-state index in [0.717, 1.165) is 224 Å². The molecule has 8 aromatic rings. The van der Waals surface area contributed by atoms with Crippen molar-refractivity contribution in [3.8, 4) is 34.5 Å². The van der Waals surface area contributed by atoms with Crippen LogP contribution in [0, 0.1) is 0 Å². The van der Waals surface area contributed by atoms with Crippen LogP contribution in [0.25, 0.3) is 0 Å².